The van der Waals surface area contributed by atoms with E-state index in [4.69, 9.17) is 0 Å². The Kier molecular flexibility index (Phi) is 5.36. The Balaban J connectivity index is 1.48. The van der Waals surface area contributed by atoms with Gasteiger partial charge in [-0.1, -0.05) is 12.1 Å². The molecule has 8 heteroatoms. The number of nitrogens with one attached hydrogen (secondary N) is 1. The van der Waals surface area contributed by atoms with Crippen molar-refractivity contribution in [1.29, 1.82) is 0 Å². The second-order valence-corrected chi connectivity index (χ2v) is 8.72. The van der Waals surface area contributed by atoms with Crippen LogP contribution in [-0.4, -0.2) is 20.9 Å². The summed E-state index contributed by atoms with van der Waals surface area (Å²) in [6.45, 7) is 0.565. The number of rotatable bonds is 5. The molecule has 0 spiro atoms. The first kappa shape index (κ1) is 20.2. The predicted octanol–water partition coefficient (Wildman–Crippen LogP) is 3.65. The van der Waals surface area contributed by atoms with E-state index in [1.807, 2.05) is 6.07 Å². The molecule has 4 rings (SSSR count). The number of hydrogen-bond donors (Lipinski definition) is 1. The van der Waals surface area contributed by atoms with Crippen LogP contribution in [0, 0.1) is 11.6 Å². The van der Waals surface area contributed by atoms with Crippen molar-refractivity contribution in [2.24, 2.45) is 0 Å². The summed E-state index contributed by atoms with van der Waals surface area (Å²) in [6, 6.07) is 15.4. The van der Waals surface area contributed by atoms with E-state index in [2.05, 4.69) is 4.72 Å². The highest BCUT2D eigenvalue weighted by molar-refractivity contribution is 7.89. The van der Waals surface area contributed by atoms with Crippen LogP contribution in [0.25, 0.3) is 0 Å². The molecule has 0 aromatic heterocycles. The van der Waals surface area contributed by atoms with Gasteiger partial charge in [-0.15, -0.1) is 0 Å². The monoisotopic (exact) mass is 428 g/mol. The summed E-state index contributed by atoms with van der Waals surface area (Å²) in [5.74, 6) is -1.12. The lowest BCUT2D eigenvalue weighted by Gasteiger charge is -2.18. The Morgan fingerprint density at radius 2 is 1.57 bits per heavy atom. The molecule has 0 atom stereocenters. The molecule has 5 nitrogen and oxygen atoms in total. The molecule has 1 aliphatic heterocycles. The van der Waals surface area contributed by atoms with E-state index in [0.29, 0.717) is 18.5 Å². The molecular formula is C22H18F2N2O3S. The van der Waals surface area contributed by atoms with Crippen molar-refractivity contribution < 1.29 is 22.0 Å². The number of amides is 1. The summed E-state index contributed by atoms with van der Waals surface area (Å²) in [4.78, 5) is 14.4. The molecule has 0 unspecified atom stereocenters. The number of benzene rings is 3. The maximum atomic E-state index is 13.1. The highest BCUT2D eigenvalue weighted by atomic mass is 32.2. The molecule has 1 amide bonds. The van der Waals surface area contributed by atoms with E-state index in [9.17, 15) is 22.0 Å². The Bertz CT molecular complexity index is 1190. The molecule has 0 saturated carbocycles. The number of anilines is 1. The van der Waals surface area contributed by atoms with Crippen molar-refractivity contribution in [3.8, 4) is 0 Å². The van der Waals surface area contributed by atoms with Gasteiger partial charge in [0.15, 0.2) is 0 Å². The van der Waals surface area contributed by atoms with E-state index in [0.717, 1.165) is 28.9 Å². The number of nitrogens with zero attached hydrogens (tertiary/aromatic N) is 1. The van der Waals surface area contributed by atoms with E-state index >= 15 is 0 Å². The van der Waals surface area contributed by atoms with Crippen LogP contribution < -0.4 is 9.62 Å². The fourth-order valence-corrected chi connectivity index (χ4v) is 4.42. The van der Waals surface area contributed by atoms with Gasteiger partial charge in [0.25, 0.3) is 5.91 Å². The number of halogens is 2. The number of carbonyl (C=O) groups excluding carboxylic acids is 1. The molecular weight excluding hydrogens is 410 g/mol. The zero-order valence-electron chi connectivity index (χ0n) is 15.8. The molecule has 0 saturated heterocycles. The van der Waals surface area contributed by atoms with Crippen LogP contribution in [0.3, 0.4) is 0 Å². The van der Waals surface area contributed by atoms with Gasteiger partial charge >= 0.3 is 0 Å². The van der Waals surface area contributed by atoms with Crippen molar-refractivity contribution >= 4 is 21.6 Å². The number of fused-ring (bicyclic) bond motifs is 1. The third-order valence-corrected chi connectivity index (χ3v) is 6.38. The minimum Gasteiger partial charge on any atom is -0.308 e. The van der Waals surface area contributed by atoms with Gasteiger partial charge in [0.05, 0.1) is 4.90 Å². The van der Waals surface area contributed by atoms with E-state index in [1.165, 1.54) is 36.4 Å². The second kappa shape index (κ2) is 7.97. The van der Waals surface area contributed by atoms with Crippen molar-refractivity contribution in [1.82, 2.24) is 4.72 Å². The molecule has 154 valence electrons. The number of carbonyl (C=O) groups is 1. The largest absolute Gasteiger partial charge is 0.308 e. The third kappa shape index (κ3) is 4.10. The van der Waals surface area contributed by atoms with Gasteiger partial charge in [0.2, 0.25) is 10.0 Å². The fraction of sp³-hybridized carbons (Fsp3) is 0.136. The molecule has 0 bridgehead atoms. The summed E-state index contributed by atoms with van der Waals surface area (Å²) in [5.41, 5.74) is 2.84. The molecule has 3 aromatic rings. The van der Waals surface area contributed by atoms with Crippen LogP contribution in [0.15, 0.2) is 71.6 Å². The Labute approximate surface area is 173 Å². The Hall–Kier alpha value is -3.10. The van der Waals surface area contributed by atoms with E-state index in [1.54, 1.807) is 17.0 Å². The fourth-order valence-electron chi connectivity index (χ4n) is 3.40. The quantitative estimate of drug-likeness (QED) is 0.675. The summed E-state index contributed by atoms with van der Waals surface area (Å²) in [5, 5.41) is 0. The normalized spacial score (nSPS) is 13.3. The van der Waals surface area contributed by atoms with Crippen LogP contribution in [0.1, 0.15) is 21.5 Å². The van der Waals surface area contributed by atoms with Gasteiger partial charge in [0.1, 0.15) is 11.6 Å². The van der Waals surface area contributed by atoms with Crippen molar-refractivity contribution in [3.63, 3.8) is 0 Å². The zero-order chi connectivity index (χ0) is 21.3. The first-order valence-electron chi connectivity index (χ1n) is 9.28. The minimum absolute atomic E-state index is 0.0128. The van der Waals surface area contributed by atoms with Crippen LogP contribution in [0.5, 0.6) is 0 Å². The van der Waals surface area contributed by atoms with Gasteiger partial charge in [-0.3, -0.25) is 4.79 Å². The van der Waals surface area contributed by atoms with Gasteiger partial charge < -0.3 is 4.90 Å². The van der Waals surface area contributed by atoms with Crippen molar-refractivity contribution in [3.05, 3.63) is 95.1 Å². The number of hydrogen-bond acceptors (Lipinski definition) is 3. The Morgan fingerprint density at radius 1 is 0.933 bits per heavy atom. The standard InChI is InChI=1S/C22H18F2N2O3S/c23-18-4-2-16(3-5-18)22(27)26-12-11-17-13-15(1-10-21(17)26)14-25-30(28,29)20-8-6-19(24)7-9-20/h1-10,13,25H,11-12,14H2. The SMILES string of the molecule is O=C(c1ccc(F)cc1)N1CCc2cc(CNS(=O)(=O)c3ccc(F)cc3)ccc21. The average molecular weight is 428 g/mol. The maximum absolute atomic E-state index is 13.1. The van der Waals surface area contributed by atoms with Crippen LogP contribution >= 0.6 is 0 Å². The van der Waals surface area contributed by atoms with Gasteiger partial charge in [-0.05, 0) is 72.1 Å². The summed E-state index contributed by atoms with van der Waals surface area (Å²) in [7, 11) is -3.76. The van der Waals surface area contributed by atoms with Crippen molar-refractivity contribution in [2.75, 3.05) is 11.4 Å². The van der Waals surface area contributed by atoms with Crippen LogP contribution in [-0.2, 0) is 23.0 Å². The van der Waals surface area contributed by atoms with Crippen LogP contribution in [0.4, 0.5) is 14.5 Å². The van der Waals surface area contributed by atoms with Gasteiger partial charge in [-0.25, -0.2) is 21.9 Å². The topological polar surface area (TPSA) is 66.5 Å². The average Bonchev–Trinajstić information content (AvgIpc) is 3.16. The highest BCUT2D eigenvalue weighted by Crippen LogP contribution is 2.30. The summed E-state index contributed by atoms with van der Waals surface area (Å²) >= 11 is 0. The summed E-state index contributed by atoms with van der Waals surface area (Å²) < 4.78 is 53.3. The molecule has 1 aliphatic rings. The molecule has 0 aliphatic carbocycles. The summed E-state index contributed by atoms with van der Waals surface area (Å²) in [6.07, 6.45) is 0.640. The van der Waals surface area contributed by atoms with Crippen molar-refractivity contribution in [2.45, 2.75) is 17.9 Å². The van der Waals surface area contributed by atoms with E-state index < -0.39 is 21.7 Å². The Morgan fingerprint density at radius 3 is 2.23 bits per heavy atom. The highest BCUT2D eigenvalue weighted by Gasteiger charge is 2.26. The lowest BCUT2D eigenvalue weighted by molar-refractivity contribution is 0.0989. The first-order valence-corrected chi connectivity index (χ1v) is 10.8. The predicted molar refractivity (Wildman–Crippen MR) is 109 cm³/mol. The minimum atomic E-state index is -3.76. The van der Waals surface area contributed by atoms with Gasteiger partial charge in [0, 0.05) is 24.3 Å². The molecule has 30 heavy (non-hydrogen) atoms. The molecule has 1 heterocycles. The second-order valence-electron chi connectivity index (χ2n) is 6.96. The molecule has 3 aromatic carbocycles. The molecule has 1 N–H and O–H groups in total. The molecule has 0 radical (unpaired) electrons. The zero-order valence-corrected chi connectivity index (χ0v) is 16.6. The maximum Gasteiger partial charge on any atom is 0.258 e. The lowest BCUT2D eigenvalue weighted by atomic mass is 10.1. The number of sulfonamides is 1. The molecule has 0 fully saturated rings. The first-order chi connectivity index (χ1) is 14.3. The van der Waals surface area contributed by atoms with Crippen LogP contribution in [0.2, 0.25) is 0 Å². The lowest BCUT2D eigenvalue weighted by Crippen LogP contribution is -2.28. The smallest absolute Gasteiger partial charge is 0.258 e. The van der Waals surface area contributed by atoms with E-state index in [-0.39, 0.29) is 17.3 Å². The van der Waals surface area contributed by atoms with Gasteiger partial charge in [-0.2, -0.15) is 0 Å². The third-order valence-electron chi connectivity index (χ3n) is 4.97.